The number of carboxylic acids is 1. The maximum atomic E-state index is 12.7. The Kier molecular flexibility index (Phi) is 2.91. The molecule has 4 nitrogen and oxygen atoms in total. The highest BCUT2D eigenvalue weighted by Crippen LogP contribution is 2.20. The molecule has 1 heterocycles. The summed E-state index contributed by atoms with van der Waals surface area (Å²) in [7, 11) is 0. The Morgan fingerprint density at radius 3 is 2.59 bits per heavy atom. The number of aliphatic carboxylic acids is 1. The molecule has 1 unspecified atom stereocenters. The standard InChI is InChI=1S/C12H10FNO3/c13-8-1-3-9(4-2-8)14-6-5-11(15)10(7-14)12(16)17/h1-6,10H,7H2,(H,16,17). The van der Waals surface area contributed by atoms with Crippen LogP contribution in [0.3, 0.4) is 0 Å². The SMILES string of the molecule is O=C(O)C1CN(c2ccc(F)cc2)C=CC1=O. The molecule has 1 aliphatic heterocycles. The second-order valence-electron chi connectivity index (χ2n) is 3.74. The van der Waals surface area contributed by atoms with Crippen LogP contribution in [0.15, 0.2) is 36.5 Å². The van der Waals surface area contributed by atoms with Gasteiger partial charge in [0.25, 0.3) is 0 Å². The first-order valence-corrected chi connectivity index (χ1v) is 5.05. The number of carboxylic acid groups (broad SMARTS) is 1. The lowest BCUT2D eigenvalue weighted by Gasteiger charge is -2.26. The van der Waals surface area contributed by atoms with E-state index in [1.807, 2.05) is 0 Å². The number of ketones is 1. The van der Waals surface area contributed by atoms with Crippen molar-refractivity contribution in [1.29, 1.82) is 0 Å². The highest BCUT2D eigenvalue weighted by Gasteiger charge is 2.29. The van der Waals surface area contributed by atoms with Crippen LogP contribution in [0.2, 0.25) is 0 Å². The van der Waals surface area contributed by atoms with E-state index in [-0.39, 0.29) is 12.4 Å². The van der Waals surface area contributed by atoms with E-state index in [4.69, 9.17) is 5.11 Å². The number of hydrogen-bond donors (Lipinski definition) is 1. The van der Waals surface area contributed by atoms with Gasteiger partial charge in [0.05, 0.1) is 0 Å². The Bertz CT molecular complexity index is 481. The van der Waals surface area contributed by atoms with Crippen LogP contribution in [0.5, 0.6) is 0 Å². The van der Waals surface area contributed by atoms with Gasteiger partial charge in [-0.15, -0.1) is 0 Å². The number of allylic oxidation sites excluding steroid dienone is 1. The van der Waals surface area contributed by atoms with Crippen molar-refractivity contribution < 1.29 is 19.1 Å². The van der Waals surface area contributed by atoms with Crippen LogP contribution in [-0.4, -0.2) is 23.4 Å². The lowest BCUT2D eigenvalue weighted by Crippen LogP contribution is -2.37. The highest BCUT2D eigenvalue weighted by molar-refractivity contribution is 6.06. The fourth-order valence-electron chi connectivity index (χ4n) is 1.65. The maximum Gasteiger partial charge on any atom is 0.316 e. The van der Waals surface area contributed by atoms with Crippen molar-refractivity contribution in [2.24, 2.45) is 5.92 Å². The molecule has 1 aromatic carbocycles. The first-order valence-electron chi connectivity index (χ1n) is 5.05. The lowest BCUT2D eigenvalue weighted by molar-refractivity contribution is -0.144. The number of carbonyl (C=O) groups excluding carboxylic acids is 1. The summed E-state index contributed by atoms with van der Waals surface area (Å²) in [6, 6.07) is 5.65. The van der Waals surface area contributed by atoms with Gasteiger partial charge < -0.3 is 10.0 Å². The first kappa shape index (κ1) is 11.3. The average molecular weight is 235 g/mol. The van der Waals surface area contributed by atoms with Crippen molar-refractivity contribution in [3.63, 3.8) is 0 Å². The van der Waals surface area contributed by atoms with Crippen molar-refractivity contribution in [3.05, 3.63) is 42.4 Å². The number of halogens is 1. The summed E-state index contributed by atoms with van der Waals surface area (Å²) in [6.45, 7) is 0.0658. The van der Waals surface area contributed by atoms with E-state index in [9.17, 15) is 14.0 Å². The Morgan fingerprint density at radius 2 is 2.00 bits per heavy atom. The van der Waals surface area contributed by atoms with Crippen LogP contribution >= 0.6 is 0 Å². The van der Waals surface area contributed by atoms with E-state index in [1.165, 1.54) is 36.5 Å². The summed E-state index contributed by atoms with van der Waals surface area (Å²) in [4.78, 5) is 23.8. The predicted molar refractivity (Wildman–Crippen MR) is 59.0 cm³/mol. The number of rotatable bonds is 2. The van der Waals surface area contributed by atoms with E-state index in [0.29, 0.717) is 5.69 Å². The molecule has 0 saturated heterocycles. The van der Waals surface area contributed by atoms with Crippen molar-refractivity contribution in [3.8, 4) is 0 Å². The predicted octanol–water partition coefficient (Wildman–Crippen LogP) is 1.43. The van der Waals surface area contributed by atoms with Gasteiger partial charge in [0.15, 0.2) is 5.78 Å². The fraction of sp³-hybridized carbons (Fsp3) is 0.167. The van der Waals surface area contributed by atoms with E-state index in [1.54, 1.807) is 4.90 Å². The van der Waals surface area contributed by atoms with Gasteiger partial charge in [0, 0.05) is 18.4 Å². The second kappa shape index (κ2) is 4.37. The molecular weight excluding hydrogens is 225 g/mol. The van der Waals surface area contributed by atoms with Gasteiger partial charge in [-0.25, -0.2) is 4.39 Å². The Balaban J connectivity index is 2.24. The summed E-state index contributed by atoms with van der Waals surface area (Å²) in [6.07, 6.45) is 2.74. The summed E-state index contributed by atoms with van der Waals surface area (Å²) in [5.74, 6) is -2.99. The van der Waals surface area contributed by atoms with Gasteiger partial charge in [0.2, 0.25) is 0 Å². The van der Waals surface area contributed by atoms with E-state index >= 15 is 0 Å². The highest BCUT2D eigenvalue weighted by atomic mass is 19.1. The zero-order chi connectivity index (χ0) is 12.4. The van der Waals surface area contributed by atoms with E-state index in [0.717, 1.165) is 0 Å². The third kappa shape index (κ3) is 2.33. The molecule has 5 heteroatoms. The zero-order valence-corrected chi connectivity index (χ0v) is 8.84. The number of benzene rings is 1. The van der Waals surface area contributed by atoms with Crippen LogP contribution in [0, 0.1) is 11.7 Å². The van der Waals surface area contributed by atoms with E-state index < -0.39 is 17.7 Å². The normalized spacial score (nSPS) is 19.5. The number of nitrogens with zero attached hydrogens (tertiary/aromatic N) is 1. The quantitative estimate of drug-likeness (QED) is 0.788. The molecule has 88 valence electrons. The van der Waals surface area contributed by atoms with Crippen LogP contribution in [0.25, 0.3) is 0 Å². The number of anilines is 1. The van der Waals surface area contributed by atoms with Crippen molar-refractivity contribution in [1.82, 2.24) is 0 Å². The molecule has 0 aromatic heterocycles. The van der Waals surface area contributed by atoms with Crippen LogP contribution in [0.1, 0.15) is 0 Å². The summed E-state index contributed by atoms with van der Waals surface area (Å²) < 4.78 is 12.7. The molecule has 1 atom stereocenters. The maximum absolute atomic E-state index is 12.7. The van der Waals surface area contributed by atoms with Crippen LogP contribution in [0.4, 0.5) is 10.1 Å². The largest absolute Gasteiger partial charge is 0.481 e. The Labute approximate surface area is 97.0 Å². The van der Waals surface area contributed by atoms with Crippen LogP contribution < -0.4 is 4.90 Å². The minimum atomic E-state index is -1.15. The average Bonchev–Trinajstić information content (AvgIpc) is 2.30. The van der Waals surface area contributed by atoms with E-state index in [2.05, 4.69) is 0 Å². The molecule has 0 spiro atoms. The summed E-state index contributed by atoms with van der Waals surface area (Å²) >= 11 is 0. The first-order chi connectivity index (χ1) is 8.08. The number of carbonyl (C=O) groups is 2. The second-order valence-corrected chi connectivity index (χ2v) is 3.74. The number of hydrogen-bond acceptors (Lipinski definition) is 3. The van der Waals surface area contributed by atoms with Crippen LogP contribution in [-0.2, 0) is 9.59 Å². The molecular formula is C12H10FNO3. The molecule has 0 aliphatic carbocycles. The Hall–Kier alpha value is -2.17. The van der Waals surface area contributed by atoms with Gasteiger partial charge in [-0.05, 0) is 30.3 Å². The molecule has 1 aliphatic rings. The van der Waals surface area contributed by atoms with Gasteiger partial charge in [-0.2, -0.15) is 0 Å². The smallest absolute Gasteiger partial charge is 0.316 e. The van der Waals surface area contributed by atoms with Gasteiger partial charge >= 0.3 is 5.97 Å². The van der Waals surface area contributed by atoms with Gasteiger partial charge in [-0.3, -0.25) is 9.59 Å². The molecule has 0 radical (unpaired) electrons. The molecule has 0 amide bonds. The topological polar surface area (TPSA) is 57.6 Å². The summed E-state index contributed by atoms with van der Waals surface area (Å²) in [5.41, 5.74) is 0.654. The van der Waals surface area contributed by atoms with Crippen molar-refractivity contribution in [2.75, 3.05) is 11.4 Å². The molecule has 1 N–H and O–H groups in total. The summed E-state index contributed by atoms with van der Waals surface area (Å²) in [5, 5.41) is 8.88. The molecule has 1 aromatic rings. The Morgan fingerprint density at radius 1 is 1.35 bits per heavy atom. The third-order valence-electron chi connectivity index (χ3n) is 2.60. The van der Waals surface area contributed by atoms with Gasteiger partial charge in [-0.1, -0.05) is 0 Å². The van der Waals surface area contributed by atoms with Gasteiger partial charge in [0.1, 0.15) is 11.7 Å². The molecule has 0 bridgehead atoms. The fourth-order valence-corrected chi connectivity index (χ4v) is 1.65. The lowest BCUT2D eigenvalue weighted by atomic mass is 10.0. The molecule has 17 heavy (non-hydrogen) atoms. The monoisotopic (exact) mass is 235 g/mol. The molecule has 0 fully saturated rings. The minimum Gasteiger partial charge on any atom is -0.481 e. The van der Waals surface area contributed by atoms with Crippen molar-refractivity contribution in [2.45, 2.75) is 0 Å². The minimum absolute atomic E-state index is 0.0658. The molecule has 2 rings (SSSR count). The van der Waals surface area contributed by atoms with Crippen molar-refractivity contribution >= 4 is 17.4 Å². The molecule has 0 saturated carbocycles. The zero-order valence-electron chi connectivity index (χ0n) is 8.84. The third-order valence-corrected chi connectivity index (χ3v) is 2.60.